The number of carbonyl (C=O) groups is 2. The summed E-state index contributed by atoms with van der Waals surface area (Å²) in [6, 6.07) is 7.28. The van der Waals surface area contributed by atoms with Gasteiger partial charge < -0.3 is 24.2 Å². The molecule has 4 heterocycles. The lowest BCUT2D eigenvalue weighted by atomic mass is 10.1. The summed E-state index contributed by atoms with van der Waals surface area (Å²) in [7, 11) is 0. The molecule has 0 aliphatic carbocycles. The van der Waals surface area contributed by atoms with Gasteiger partial charge in [-0.05, 0) is 25.1 Å². The van der Waals surface area contributed by atoms with Crippen LogP contribution in [0.4, 0.5) is 5.82 Å². The molecule has 2 aromatic heterocycles. The standard InChI is InChI=1S/C19H22N4O4/c1-13-11-21(17-4-2-3-5-20-17)6-7-22(13)18(24)15-10-14(19(25)26)16-12-27-9-8-23(15)16/h2-5,10,13H,6-9,11-12H2,1H3,(H,25,26)/t13-/m0/s1. The maximum absolute atomic E-state index is 13.2. The van der Waals surface area contributed by atoms with E-state index < -0.39 is 5.97 Å². The number of nitrogens with zero attached hydrogens (tertiary/aromatic N) is 4. The van der Waals surface area contributed by atoms with E-state index in [4.69, 9.17) is 4.74 Å². The van der Waals surface area contributed by atoms with Crippen molar-refractivity contribution in [3.63, 3.8) is 0 Å². The molecule has 2 aromatic rings. The van der Waals surface area contributed by atoms with E-state index in [9.17, 15) is 14.7 Å². The highest BCUT2D eigenvalue weighted by Gasteiger charge is 2.33. The fourth-order valence-electron chi connectivity index (χ4n) is 3.84. The molecular weight excluding hydrogens is 348 g/mol. The molecule has 2 aliphatic heterocycles. The Bertz CT molecular complexity index is 864. The molecule has 0 aromatic carbocycles. The maximum Gasteiger partial charge on any atom is 0.337 e. The monoisotopic (exact) mass is 370 g/mol. The lowest BCUT2D eigenvalue weighted by molar-refractivity contribution is 0.0611. The quantitative estimate of drug-likeness (QED) is 0.880. The molecule has 1 saturated heterocycles. The molecule has 0 radical (unpaired) electrons. The van der Waals surface area contributed by atoms with Crippen molar-refractivity contribution in [3.05, 3.63) is 47.4 Å². The topological polar surface area (TPSA) is 87.9 Å². The van der Waals surface area contributed by atoms with Crippen LogP contribution in [0.15, 0.2) is 30.5 Å². The summed E-state index contributed by atoms with van der Waals surface area (Å²) in [5.74, 6) is -0.253. The van der Waals surface area contributed by atoms with E-state index in [2.05, 4.69) is 9.88 Å². The highest BCUT2D eigenvalue weighted by molar-refractivity contribution is 5.98. The summed E-state index contributed by atoms with van der Waals surface area (Å²) in [6.45, 7) is 5.14. The first kappa shape index (κ1) is 17.5. The number of piperazine rings is 1. The first-order valence-electron chi connectivity index (χ1n) is 9.06. The number of carboxylic acids is 1. The second-order valence-electron chi connectivity index (χ2n) is 6.88. The number of hydrogen-bond acceptors (Lipinski definition) is 5. The molecule has 0 spiro atoms. The summed E-state index contributed by atoms with van der Waals surface area (Å²) < 4.78 is 7.19. The van der Waals surface area contributed by atoms with E-state index in [-0.39, 0.29) is 24.1 Å². The average Bonchev–Trinajstić information content (AvgIpc) is 3.08. The van der Waals surface area contributed by atoms with Crippen LogP contribution in [0.1, 0.15) is 33.5 Å². The molecule has 1 amide bonds. The minimum Gasteiger partial charge on any atom is -0.478 e. The predicted octanol–water partition coefficient (Wildman–Crippen LogP) is 1.46. The van der Waals surface area contributed by atoms with Crippen LogP contribution in [0.25, 0.3) is 0 Å². The van der Waals surface area contributed by atoms with E-state index in [1.807, 2.05) is 30.0 Å². The summed E-state index contributed by atoms with van der Waals surface area (Å²) in [5, 5.41) is 9.45. The molecule has 27 heavy (non-hydrogen) atoms. The summed E-state index contributed by atoms with van der Waals surface area (Å²) in [5.41, 5.74) is 1.15. The maximum atomic E-state index is 13.2. The van der Waals surface area contributed by atoms with Gasteiger partial charge in [-0.15, -0.1) is 0 Å². The molecule has 0 saturated carbocycles. The molecule has 0 bridgehead atoms. The number of carboxylic acid groups (broad SMARTS) is 1. The van der Waals surface area contributed by atoms with E-state index >= 15 is 0 Å². The minimum absolute atomic E-state index is 0.00692. The van der Waals surface area contributed by atoms with Crippen LogP contribution >= 0.6 is 0 Å². The van der Waals surface area contributed by atoms with Crippen LogP contribution in [0.3, 0.4) is 0 Å². The Morgan fingerprint density at radius 2 is 2.11 bits per heavy atom. The summed E-state index contributed by atoms with van der Waals surface area (Å²) in [6.07, 6.45) is 1.76. The van der Waals surface area contributed by atoms with Crippen LogP contribution in [-0.2, 0) is 17.9 Å². The summed E-state index contributed by atoms with van der Waals surface area (Å²) >= 11 is 0. The Kier molecular flexibility index (Phi) is 4.57. The van der Waals surface area contributed by atoms with Gasteiger partial charge in [0.15, 0.2) is 0 Å². The molecule has 8 nitrogen and oxygen atoms in total. The Hall–Kier alpha value is -2.87. The Morgan fingerprint density at radius 3 is 2.81 bits per heavy atom. The van der Waals surface area contributed by atoms with E-state index in [1.165, 1.54) is 6.07 Å². The second-order valence-corrected chi connectivity index (χ2v) is 6.88. The fourth-order valence-corrected chi connectivity index (χ4v) is 3.84. The molecule has 4 rings (SSSR count). The lowest BCUT2D eigenvalue weighted by Crippen LogP contribution is -2.54. The van der Waals surface area contributed by atoms with Crippen LogP contribution in [0.2, 0.25) is 0 Å². The third kappa shape index (κ3) is 3.16. The van der Waals surface area contributed by atoms with Gasteiger partial charge >= 0.3 is 5.97 Å². The van der Waals surface area contributed by atoms with Gasteiger partial charge in [0.25, 0.3) is 5.91 Å². The van der Waals surface area contributed by atoms with E-state index in [0.29, 0.717) is 44.2 Å². The molecular formula is C19H22N4O4. The van der Waals surface area contributed by atoms with Crippen molar-refractivity contribution in [2.45, 2.75) is 26.1 Å². The third-order valence-electron chi connectivity index (χ3n) is 5.22. The van der Waals surface area contributed by atoms with Crippen LogP contribution in [0.5, 0.6) is 0 Å². The van der Waals surface area contributed by atoms with Crippen molar-refractivity contribution < 1.29 is 19.4 Å². The Balaban J connectivity index is 1.56. The number of ether oxygens (including phenoxy) is 1. The number of pyridine rings is 1. The fraction of sp³-hybridized carbons (Fsp3) is 0.421. The molecule has 1 atom stereocenters. The van der Waals surface area contributed by atoms with Gasteiger partial charge in [-0.2, -0.15) is 0 Å². The van der Waals surface area contributed by atoms with Gasteiger partial charge in [-0.1, -0.05) is 6.07 Å². The third-order valence-corrected chi connectivity index (χ3v) is 5.22. The normalized spacial score (nSPS) is 19.7. The molecule has 0 unspecified atom stereocenters. The van der Waals surface area contributed by atoms with Crippen molar-refractivity contribution in [2.24, 2.45) is 0 Å². The number of aromatic carboxylic acids is 1. The second kappa shape index (κ2) is 7.03. The lowest BCUT2D eigenvalue weighted by Gasteiger charge is -2.40. The summed E-state index contributed by atoms with van der Waals surface area (Å²) in [4.78, 5) is 33.1. The van der Waals surface area contributed by atoms with Crippen LogP contribution < -0.4 is 4.90 Å². The highest BCUT2D eigenvalue weighted by atomic mass is 16.5. The number of anilines is 1. The smallest absolute Gasteiger partial charge is 0.337 e. The number of hydrogen-bond donors (Lipinski definition) is 1. The van der Waals surface area contributed by atoms with Crippen molar-refractivity contribution in [1.82, 2.24) is 14.5 Å². The zero-order valence-electron chi connectivity index (χ0n) is 15.2. The number of carbonyl (C=O) groups excluding carboxylic acids is 1. The molecule has 8 heteroatoms. The van der Waals surface area contributed by atoms with Gasteiger partial charge in [0.1, 0.15) is 11.5 Å². The SMILES string of the molecule is C[C@H]1CN(c2ccccn2)CCN1C(=O)c1cc(C(=O)O)c2n1CCOC2. The van der Waals surface area contributed by atoms with Gasteiger partial charge in [-0.3, -0.25) is 4.79 Å². The van der Waals surface area contributed by atoms with Gasteiger partial charge in [-0.25, -0.2) is 9.78 Å². The van der Waals surface area contributed by atoms with Crippen LogP contribution in [0, 0.1) is 0 Å². The zero-order chi connectivity index (χ0) is 19.0. The molecule has 142 valence electrons. The van der Waals surface area contributed by atoms with Crippen LogP contribution in [-0.4, -0.2) is 63.7 Å². The van der Waals surface area contributed by atoms with E-state index in [0.717, 1.165) is 5.82 Å². The minimum atomic E-state index is -1.03. The number of amides is 1. The Morgan fingerprint density at radius 1 is 1.26 bits per heavy atom. The Labute approximate surface area is 157 Å². The first-order chi connectivity index (χ1) is 13.1. The van der Waals surface area contributed by atoms with Crippen molar-refractivity contribution in [3.8, 4) is 0 Å². The number of fused-ring (bicyclic) bond motifs is 1. The van der Waals surface area contributed by atoms with E-state index in [1.54, 1.807) is 10.8 Å². The average molecular weight is 370 g/mol. The van der Waals surface area contributed by atoms with Crippen molar-refractivity contribution in [2.75, 3.05) is 31.1 Å². The predicted molar refractivity (Wildman–Crippen MR) is 98.0 cm³/mol. The van der Waals surface area contributed by atoms with Gasteiger partial charge in [0.05, 0.1) is 24.5 Å². The molecule has 1 N–H and O–H groups in total. The largest absolute Gasteiger partial charge is 0.478 e. The highest BCUT2D eigenvalue weighted by Crippen LogP contribution is 2.24. The number of aromatic nitrogens is 2. The molecule has 1 fully saturated rings. The van der Waals surface area contributed by atoms with Crippen molar-refractivity contribution >= 4 is 17.7 Å². The molecule has 2 aliphatic rings. The van der Waals surface area contributed by atoms with Gasteiger partial charge in [0.2, 0.25) is 0 Å². The van der Waals surface area contributed by atoms with Crippen molar-refractivity contribution in [1.29, 1.82) is 0 Å². The van der Waals surface area contributed by atoms with Gasteiger partial charge in [0, 0.05) is 38.4 Å². The number of rotatable bonds is 3. The first-order valence-corrected chi connectivity index (χ1v) is 9.06. The zero-order valence-corrected chi connectivity index (χ0v) is 15.2.